The van der Waals surface area contributed by atoms with E-state index in [0.717, 1.165) is 77.3 Å². The largest absolute Gasteiger partial charge is 0.464 e. The van der Waals surface area contributed by atoms with Crippen LogP contribution in [0.4, 0.5) is 0 Å². The highest BCUT2D eigenvalue weighted by Crippen LogP contribution is 2.22. The summed E-state index contributed by atoms with van der Waals surface area (Å²) < 4.78 is 11.8. The Labute approximate surface area is 316 Å². The monoisotopic (exact) mass is 721 g/mol. The Balaban J connectivity index is 2.79. The minimum atomic E-state index is -0.107. The molecule has 0 aliphatic carbocycles. The second-order valence-corrected chi connectivity index (χ2v) is 15.7. The lowest BCUT2D eigenvalue weighted by Gasteiger charge is -2.28. The van der Waals surface area contributed by atoms with Gasteiger partial charge in [0.05, 0.1) is 24.9 Å². The van der Waals surface area contributed by atoms with E-state index in [2.05, 4.69) is 39.5 Å². The fourth-order valence-electron chi connectivity index (χ4n) is 7.54. The number of likely N-dealkylation sites (tertiary alicyclic amines) is 1. The van der Waals surface area contributed by atoms with Gasteiger partial charge in [-0.25, -0.2) is 0 Å². The van der Waals surface area contributed by atoms with Crippen LogP contribution in [0, 0.1) is 11.8 Å². The van der Waals surface area contributed by atoms with Gasteiger partial charge >= 0.3 is 11.9 Å². The van der Waals surface area contributed by atoms with Crippen LogP contribution in [0.5, 0.6) is 0 Å². The van der Waals surface area contributed by atoms with Crippen LogP contribution in [0.3, 0.4) is 0 Å². The lowest BCUT2D eigenvalue weighted by Crippen LogP contribution is -2.41. The number of amides is 1. The minimum absolute atomic E-state index is 0.0490. The van der Waals surface area contributed by atoms with Crippen LogP contribution in [-0.2, 0) is 23.9 Å². The van der Waals surface area contributed by atoms with Crippen LogP contribution in [0.2, 0.25) is 0 Å². The van der Waals surface area contributed by atoms with Gasteiger partial charge in [0.2, 0.25) is 5.91 Å². The number of carbonyl (C=O) groups is 3. The molecule has 1 heterocycles. The van der Waals surface area contributed by atoms with Gasteiger partial charge in [-0.05, 0) is 58.5 Å². The van der Waals surface area contributed by atoms with E-state index < -0.39 is 0 Å². The first-order valence-electron chi connectivity index (χ1n) is 22.2. The molecule has 0 saturated carbocycles. The molecule has 300 valence electrons. The number of unbranched alkanes of at least 4 members (excludes halogenated alkanes) is 16. The summed E-state index contributed by atoms with van der Waals surface area (Å²) in [6, 6.07) is 0.169. The Hall–Kier alpha value is -1.63. The summed E-state index contributed by atoms with van der Waals surface area (Å²) in [6.45, 7) is 14.2. The normalized spacial score (nSPS) is 15.1. The van der Waals surface area contributed by atoms with Crippen molar-refractivity contribution in [3.8, 4) is 0 Å². The van der Waals surface area contributed by atoms with Crippen molar-refractivity contribution in [2.75, 3.05) is 39.4 Å². The van der Waals surface area contributed by atoms with E-state index in [1.54, 1.807) is 4.90 Å². The molecular formula is C44H84N2O5. The van der Waals surface area contributed by atoms with Crippen molar-refractivity contribution >= 4 is 17.8 Å². The molecule has 0 aromatic heterocycles. The zero-order valence-corrected chi connectivity index (χ0v) is 34.5. The highest BCUT2D eigenvalue weighted by molar-refractivity contribution is 5.77. The van der Waals surface area contributed by atoms with Gasteiger partial charge < -0.3 is 19.3 Å². The molecule has 1 amide bonds. The van der Waals surface area contributed by atoms with Crippen molar-refractivity contribution in [1.29, 1.82) is 0 Å². The number of esters is 2. The average Bonchev–Trinajstić information content (AvgIpc) is 3.68. The van der Waals surface area contributed by atoms with Crippen LogP contribution >= 0.6 is 0 Å². The van der Waals surface area contributed by atoms with Crippen LogP contribution < -0.4 is 0 Å². The quantitative estimate of drug-likeness (QED) is 0.0479. The smallest absolute Gasteiger partial charge is 0.308 e. The number of rotatable bonds is 35. The van der Waals surface area contributed by atoms with Crippen molar-refractivity contribution < 1.29 is 23.9 Å². The number of ether oxygens (including phenoxy) is 2. The Kier molecular flexibility index (Phi) is 30.6. The molecule has 7 heteroatoms. The van der Waals surface area contributed by atoms with Crippen molar-refractivity contribution in [3.63, 3.8) is 0 Å². The van der Waals surface area contributed by atoms with Crippen molar-refractivity contribution in [2.24, 2.45) is 11.8 Å². The first-order valence-corrected chi connectivity index (χ1v) is 22.2. The molecule has 0 aromatic rings. The third-order valence-corrected chi connectivity index (χ3v) is 11.1. The predicted molar refractivity (Wildman–Crippen MR) is 214 cm³/mol. The van der Waals surface area contributed by atoms with E-state index in [9.17, 15) is 14.4 Å². The van der Waals surface area contributed by atoms with Crippen LogP contribution in [0.25, 0.3) is 0 Å². The Morgan fingerprint density at radius 3 is 1.24 bits per heavy atom. The maximum absolute atomic E-state index is 13.7. The summed E-state index contributed by atoms with van der Waals surface area (Å²) >= 11 is 0. The number of hydrogen-bond acceptors (Lipinski definition) is 6. The summed E-state index contributed by atoms with van der Waals surface area (Å²) in [5, 5.41) is 0. The third kappa shape index (κ3) is 24.3. The zero-order valence-electron chi connectivity index (χ0n) is 34.5. The lowest BCUT2D eigenvalue weighted by atomic mass is 9.94. The van der Waals surface area contributed by atoms with Crippen LogP contribution in [0.1, 0.15) is 208 Å². The standard InChI is InChI=1S/C44H84N2O5/c1-6-10-14-18-20-24-30-40(28-22-16-12-8-3)43(48)50-36-34-46(42(47)38-39(5)45-32-26-27-33-45)35-37-51-44(49)41(29-23-17-13-9-4)31-25-21-19-15-11-7-2/h39-41H,6-38H2,1-5H3. The van der Waals surface area contributed by atoms with Crippen molar-refractivity contribution in [2.45, 2.75) is 214 Å². The molecule has 51 heavy (non-hydrogen) atoms. The van der Waals surface area contributed by atoms with Gasteiger partial charge in [0, 0.05) is 12.5 Å². The molecule has 3 unspecified atom stereocenters. The third-order valence-electron chi connectivity index (χ3n) is 11.1. The van der Waals surface area contributed by atoms with Crippen molar-refractivity contribution in [3.05, 3.63) is 0 Å². The van der Waals surface area contributed by atoms with Crippen molar-refractivity contribution in [1.82, 2.24) is 9.80 Å². The second kappa shape index (κ2) is 33.0. The summed E-state index contributed by atoms with van der Waals surface area (Å²) in [7, 11) is 0. The van der Waals surface area contributed by atoms with E-state index in [1.165, 1.54) is 103 Å². The van der Waals surface area contributed by atoms with Gasteiger partial charge in [0.15, 0.2) is 0 Å². The van der Waals surface area contributed by atoms with Gasteiger partial charge in [-0.3, -0.25) is 14.4 Å². The molecule has 0 N–H and O–H groups in total. The predicted octanol–water partition coefficient (Wildman–Crippen LogP) is 11.5. The van der Waals surface area contributed by atoms with Gasteiger partial charge in [0.25, 0.3) is 0 Å². The first kappa shape index (κ1) is 47.4. The van der Waals surface area contributed by atoms with E-state index in [4.69, 9.17) is 9.47 Å². The lowest BCUT2D eigenvalue weighted by molar-refractivity contribution is -0.152. The molecule has 0 aromatic carbocycles. The van der Waals surface area contributed by atoms with Gasteiger partial charge in [-0.15, -0.1) is 0 Å². The zero-order chi connectivity index (χ0) is 37.4. The summed E-state index contributed by atoms with van der Waals surface area (Å²) in [5.41, 5.74) is 0. The van der Waals surface area contributed by atoms with Gasteiger partial charge in [-0.2, -0.15) is 0 Å². The van der Waals surface area contributed by atoms with Crippen LogP contribution in [0.15, 0.2) is 0 Å². The first-order chi connectivity index (χ1) is 24.9. The fraction of sp³-hybridized carbons (Fsp3) is 0.932. The highest BCUT2D eigenvalue weighted by Gasteiger charge is 2.25. The average molecular weight is 721 g/mol. The summed E-state index contributed by atoms with van der Waals surface area (Å²) in [4.78, 5) is 44.5. The number of nitrogens with zero attached hydrogens (tertiary/aromatic N) is 2. The Morgan fingerprint density at radius 2 is 0.863 bits per heavy atom. The highest BCUT2D eigenvalue weighted by atomic mass is 16.5. The molecule has 1 saturated heterocycles. The Morgan fingerprint density at radius 1 is 0.529 bits per heavy atom. The molecule has 1 aliphatic heterocycles. The van der Waals surface area contributed by atoms with Gasteiger partial charge in [0.1, 0.15) is 13.2 Å². The number of carbonyl (C=O) groups excluding carboxylic acids is 3. The molecular weight excluding hydrogens is 636 g/mol. The molecule has 0 bridgehead atoms. The summed E-state index contributed by atoms with van der Waals surface area (Å²) in [6.07, 6.45) is 30.1. The SMILES string of the molecule is CCCCCCCCC(CCCCCC)C(=O)OCCN(CCOC(=O)C(CCCCCC)CCCCCCCC)C(=O)CC(C)N1CCCC1. The van der Waals surface area contributed by atoms with E-state index in [1.807, 2.05) is 0 Å². The Bertz CT molecular complexity index is 795. The molecule has 0 spiro atoms. The fourth-order valence-corrected chi connectivity index (χ4v) is 7.54. The molecule has 1 fully saturated rings. The molecule has 1 rings (SSSR count). The van der Waals surface area contributed by atoms with E-state index in [-0.39, 0.29) is 48.9 Å². The van der Waals surface area contributed by atoms with E-state index >= 15 is 0 Å². The van der Waals surface area contributed by atoms with Crippen LogP contribution in [-0.4, -0.2) is 73.1 Å². The maximum Gasteiger partial charge on any atom is 0.308 e. The van der Waals surface area contributed by atoms with E-state index in [0.29, 0.717) is 19.5 Å². The topological polar surface area (TPSA) is 76.1 Å². The number of hydrogen-bond donors (Lipinski definition) is 0. The maximum atomic E-state index is 13.7. The summed E-state index contributed by atoms with van der Waals surface area (Å²) in [5.74, 6) is -0.286. The molecule has 3 atom stereocenters. The minimum Gasteiger partial charge on any atom is -0.464 e. The van der Waals surface area contributed by atoms with Gasteiger partial charge in [-0.1, -0.05) is 156 Å². The molecule has 0 radical (unpaired) electrons. The molecule has 1 aliphatic rings. The second-order valence-electron chi connectivity index (χ2n) is 15.7. The molecule has 7 nitrogen and oxygen atoms in total.